The predicted octanol–water partition coefficient (Wildman–Crippen LogP) is 2.90. The number of amides is 1. The van der Waals surface area contributed by atoms with E-state index in [1.54, 1.807) is 18.1 Å². The topological polar surface area (TPSA) is 90.0 Å². The van der Waals surface area contributed by atoms with Gasteiger partial charge in [0.25, 0.3) is 0 Å². The molecule has 0 radical (unpaired) electrons. The minimum absolute atomic E-state index is 0.0821. The van der Waals surface area contributed by atoms with Gasteiger partial charge in [0.2, 0.25) is 5.88 Å². The highest BCUT2D eigenvalue weighted by Crippen LogP contribution is 2.54. The van der Waals surface area contributed by atoms with Crippen molar-refractivity contribution in [3.8, 4) is 5.88 Å². The molecule has 0 aromatic carbocycles. The standard InChI is InChI=1S/C21H29N3O5S/c1-13(8-23-20(26)29-21(2,3)4)12-28-17-7-6-14(9-22-17)30-24-10-15-16(11-24)18(15)19(25)27-5/h6-7,9,15-16,18H,1,8,10-12H2,2-5H3,(H,23,26)/t15-,16+,18?. The van der Waals surface area contributed by atoms with E-state index in [9.17, 15) is 9.59 Å². The number of ether oxygens (including phenoxy) is 3. The number of carbonyl (C=O) groups is 2. The highest BCUT2D eigenvalue weighted by molar-refractivity contribution is 7.97. The van der Waals surface area contributed by atoms with Gasteiger partial charge in [-0.25, -0.2) is 14.1 Å². The molecule has 1 aromatic heterocycles. The van der Waals surface area contributed by atoms with Crippen LogP contribution in [0, 0.1) is 17.8 Å². The van der Waals surface area contributed by atoms with Crippen LogP contribution < -0.4 is 10.1 Å². The van der Waals surface area contributed by atoms with E-state index in [0.29, 0.717) is 23.3 Å². The number of hydrogen-bond donors (Lipinski definition) is 1. The van der Waals surface area contributed by atoms with Crippen molar-refractivity contribution in [2.75, 3.05) is 33.4 Å². The van der Waals surface area contributed by atoms with Gasteiger partial charge in [0.1, 0.15) is 12.2 Å². The Labute approximate surface area is 181 Å². The first kappa shape index (κ1) is 22.4. The lowest BCUT2D eigenvalue weighted by molar-refractivity contribution is -0.143. The number of fused-ring (bicyclic) bond motifs is 1. The van der Waals surface area contributed by atoms with Gasteiger partial charge in [-0.3, -0.25) is 4.79 Å². The maximum atomic E-state index is 11.6. The van der Waals surface area contributed by atoms with E-state index in [1.165, 1.54) is 7.11 Å². The minimum atomic E-state index is -0.538. The lowest BCUT2D eigenvalue weighted by Crippen LogP contribution is -2.34. The average molecular weight is 436 g/mol. The molecule has 1 unspecified atom stereocenters. The Bertz CT molecular complexity index is 781. The Morgan fingerprint density at radius 3 is 2.57 bits per heavy atom. The summed E-state index contributed by atoms with van der Waals surface area (Å²) in [6.45, 7) is 11.6. The number of rotatable bonds is 8. The first-order valence-corrected chi connectivity index (χ1v) is 10.7. The van der Waals surface area contributed by atoms with Crippen molar-refractivity contribution >= 4 is 24.0 Å². The van der Waals surface area contributed by atoms with Crippen LogP contribution in [0.25, 0.3) is 0 Å². The molecule has 1 saturated carbocycles. The number of hydrogen-bond acceptors (Lipinski definition) is 8. The van der Waals surface area contributed by atoms with Crippen LogP contribution in [0.2, 0.25) is 0 Å². The summed E-state index contributed by atoms with van der Waals surface area (Å²) in [6.07, 6.45) is 1.28. The maximum Gasteiger partial charge on any atom is 0.407 e. The predicted molar refractivity (Wildman–Crippen MR) is 113 cm³/mol. The van der Waals surface area contributed by atoms with Gasteiger partial charge in [-0.1, -0.05) is 6.58 Å². The molecule has 1 aromatic rings. The largest absolute Gasteiger partial charge is 0.473 e. The second kappa shape index (κ2) is 9.26. The van der Waals surface area contributed by atoms with Gasteiger partial charge in [-0.05, 0) is 56.2 Å². The fourth-order valence-electron chi connectivity index (χ4n) is 3.44. The average Bonchev–Trinajstić information content (AvgIpc) is 3.19. The molecule has 1 N–H and O–H groups in total. The highest BCUT2D eigenvalue weighted by atomic mass is 32.2. The normalized spacial score (nSPS) is 22.7. The zero-order valence-corrected chi connectivity index (χ0v) is 18.7. The van der Waals surface area contributed by atoms with Crippen molar-refractivity contribution < 1.29 is 23.8 Å². The molecule has 2 heterocycles. The summed E-state index contributed by atoms with van der Waals surface area (Å²) in [6, 6.07) is 3.77. The number of piperidine rings is 1. The van der Waals surface area contributed by atoms with Crippen LogP contribution in [0.3, 0.4) is 0 Å². The summed E-state index contributed by atoms with van der Waals surface area (Å²) in [5.41, 5.74) is 0.169. The van der Waals surface area contributed by atoms with Crippen LogP contribution >= 0.6 is 11.9 Å². The lowest BCUT2D eigenvalue weighted by Gasteiger charge is -2.20. The Morgan fingerprint density at radius 2 is 2.00 bits per heavy atom. The molecule has 9 heteroatoms. The number of alkyl carbamates (subject to hydrolysis) is 1. The number of carbonyl (C=O) groups excluding carboxylic acids is 2. The highest BCUT2D eigenvalue weighted by Gasteiger charge is 2.60. The molecule has 0 bridgehead atoms. The Kier molecular flexibility index (Phi) is 6.92. The van der Waals surface area contributed by atoms with Gasteiger partial charge in [0.15, 0.2) is 0 Å². The summed E-state index contributed by atoms with van der Waals surface area (Å²) in [7, 11) is 1.45. The summed E-state index contributed by atoms with van der Waals surface area (Å²) < 4.78 is 17.9. The van der Waals surface area contributed by atoms with E-state index in [1.807, 2.05) is 32.9 Å². The van der Waals surface area contributed by atoms with Crippen molar-refractivity contribution in [2.45, 2.75) is 31.3 Å². The van der Waals surface area contributed by atoms with Crippen LogP contribution in [-0.4, -0.2) is 60.3 Å². The molecule has 1 aliphatic heterocycles. The molecule has 2 fully saturated rings. The first-order valence-electron chi connectivity index (χ1n) is 9.89. The van der Waals surface area contributed by atoms with Crippen LogP contribution in [-0.2, 0) is 14.3 Å². The third-order valence-electron chi connectivity index (χ3n) is 4.88. The van der Waals surface area contributed by atoms with Gasteiger partial charge >= 0.3 is 12.1 Å². The number of aromatic nitrogens is 1. The number of esters is 1. The van der Waals surface area contributed by atoms with E-state index in [4.69, 9.17) is 14.2 Å². The second-order valence-electron chi connectivity index (χ2n) is 8.54. The molecule has 1 saturated heterocycles. The Morgan fingerprint density at radius 1 is 1.30 bits per heavy atom. The van der Waals surface area contributed by atoms with Gasteiger partial charge in [-0.15, -0.1) is 0 Å². The van der Waals surface area contributed by atoms with E-state index < -0.39 is 11.7 Å². The van der Waals surface area contributed by atoms with Crippen LogP contribution in [0.5, 0.6) is 5.88 Å². The van der Waals surface area contributed by atoms with Crippen molar-refractivity contribution in [2.24, 2.45) is 17.8 Å². The Hall–Kier alpha value is -2.26. The van der Waals surface area contributed by atoms with E-state index in [0.717, 1.165) is 18.0 Å². The van der Waals surface area contributed by atoms with Crippen molar-refractivity contribution in [3.05, 3.63) is 30.5 Å². The molecular weight excluding hydrogens is 406 g/mol. The Balaban J connectivity index is 1.35. The smallest absolute Gasteiger partial charge is 0.407 e. The van der Waals surface area contributed by atoms with Crippen molar-refractivity contribution in [3.63, 3.8) is 0 Å². The molecule has 1 aliphatic carbocycles. The molecule has 30 heavy (non-hydrogen) atoms. The zero-order valence-electron chi connectivity index (χ0n) is 17.8. The SMILES string of the molecule is C=C(CNC(=O)OC(C)(C)C)COc1ccc(SN2C[C@@H]3C(C(=O)OC)[C@@H]3C2)cn1. The van der Waals surface area contributed by atoms with E-state index >= 15 is 0 Å². The van der Waals surface area contributed by atoms with E-state index in [-0.39, 0.29) is 25.0 Å². The zero-order chi connectivity index (χ0) is 21.9. The van der Waals surface area contributed by atoms with Crippen LogP contribution in [0.15, 0.2) is 35.4 Å². The molecule has 2 aliphatic rings. The molecule has 164 valence electrons. The van der Waals surface area contributed by atoms with Crippen molar-refractivity contribution in [1.82, 2.24) is 14.6 Å². The van der Waals surface area contributed by atoms with Crippen LogP contribution in [0.4, 0.5) is 4.79 Å². The van der Waals surface area contributed by atoms with E-state index in [2.05, 4.69) is 21.2 Å². The molecule has 0 spiro atoms. The second-order valence-corrected chi connectivity index (χ2v) is 9.71. The van der Waals surface area contributed by atoms with Gasteiger partial charge in [0, 0.05) is 36.8 Å². The van der Waals surface area contributed by atoms with Crippen LogP contribution in [0.1, 0.15) is 20.8 Å². The number of pyridine rings is 1. The number of nitrogens with zero attached hydrogens (tertiary/aromatic N) is 2. The summed E-state index contributed by atoms with van der Waals surface area (Å²) in [4.78, 5) is 28.6. The summed E-state index contributed by atoms with van der Waals surface area (Å²) >= 11 is 1.64. The fraction of sp³-hybridized carbons (Fsp3) is 0.571. The molecule has 3 atom stereocenters. The summed E-state index contributed by atoms with van der Waals surface area (Å²) in [5, 5.41) is 2.65. The number of methoxy groups -OCH3 is 1. The molecule has 1 amide bonds. The lowest BCUT2D eigenvalue weighted by atomic mass is 10.2. The summed E-state index contributed by atoms with van der Waals surface area (Å²) in [5.74, 6) is 1.33. The third-order valence-corrected chi connectivity index (χ3v) is 5.89. The monoisotopic (exact) mass is 435 g/mol. The van der Waals surface area contributed by atoms with Crippen molar-refractivity contribution in [1.29, 1.82) is 0 Å². The fourth-order valence-corrected chi connectivity index (χ4v) is 4.46. The molecule has 8 nitrogen and oxygen atoms in total. The van der Waals surface area contributed by atoms with Gasteiger partial charge in [-0.2, -0.15) is 0 Å². The molecule has 3 rings (SSSR count). The number of nitrogens with one attached hydrogen (secondary N) is 1. The van der Waals surface area contributed by atoms with Gasteiger partial charge < -0.3 is 19.5 Å². The minimum Gasteiger partial charge on any atom is -0.473 e. The molecular formula is C21H29N3O5S. The third kappa shape index (κ3) is 6.12. The quantitative estimate of drug-likeness (QED) is 0.379. The first-order chi connectivity index (χ1) is 14.2. The maximum absolute atomic E-state index is 11.6. The van der Waals surface area contributed by atoms with Gasteiger partial charge in [0.05, 0.1) is 13.0 Å².